The van der Waals surface area contributed by atoms with Gasteiger partial charge in [-0.2, -0.15) is 0 Å². The van der Waals surface area contributed by atoms with E-state index in [-0.39, 0.29) is 18.1 Å². The first kappa shape index (κ1) is 16.6. The van der Waals surface area contributed by atoms with Crippen LogP contribution in [0.25, 0.3) is 0 Å². The topological polar surface area (TPSA) is 56.8 Å². The molecule has 1 aromatic rings. The number of ether oxygens (including phenoxy) is 3. The molecule has 0 bridgehead atoms. The summed E-state index contributed by atoms with van der Waals surface area (Å²) in [5.74, 6) is 1.93. The van der Waals surface area contributed by atoms with Crippen molar-refractivity contribution in [3.8, 4) is 11.5 Å². The van der Waals surface area contributed by atoms with Crippen molar-refractivity contribution in [1.82, 2.24) is 5.32 Å². The molecule has 0 heterocycles. The Morgan fingerprint density at radius 3 is 2.18 bits per heavy atom. The third kappa shape index (κ3) is 3.19. The summed E-state index contributed by atoms with van der Waals surface area (Å²) in [4.78, 5) is 11.6. The number of methoxy groups -OCH3 is 3. The highest BCUT2D eigenvalue weighted by Crippen LogP contribution is 2.38. The van der Waals surface area contributed by atoms with Gasteiger partial charge in [0.15, 0.2) is 0 Å². The predicted molar refractivity (Wildman–Crippen MR) is 84.5 cm³/mol. The second-order valence-corrected chi connectivity index (χ2v) is 5.83. The first-order valence-corrected chi connectivity index (χ1v) is 7.58. The number of nitrogens with one attached hydrogen (secondary N) is 1. The van der Waals surface area contributed by atoms with Crippen LogP contribution in [0.4, 0.5) is 0 Å². The Kier molecular flexibility index (Phi) is 5.29. The first-order chi connectivity index (χ1) is 10.5. The minimum atomic E-state index is -0.324. The summed E-state index contributed by atoms with van der Waals surface area (Å²) in [6.07, 6.45) is 1.69. The Hall–Kier alpha value is -1.75. The van der Waals surface area contributed by atoms with Crippen LogP contribution in [0.15, 0.2) is 12.1 Å². The average Bonchev–Trinajstić information content (AvgIpc) is 2.53. The van der Waals surface area contributed by atoms with Crippen molar-refractivity contribution in [2.24, 2.45) is 5.92 Å². The second kappa shape index (κ2) is 7.01. The van der Waals surface area contributed by atoms with E-state index in [9.17, 15) is 4.79 Å². The number of carbonyl (C=O) groups excluding carboxylic acids is 1. The molecule has 0 spiro atoms. The monoisotopic (exact) mass is 307 g/mol. The van der Waals surface area contributed by atoms with E-state index in [4.69, 9.17) is 14.2 Å². The number of hydrogen-bond acceptors (Lipinski definition) is 5. The molecule has 5 heteroatoms. The van der Waals surface area contributed by atoms with Crippen molar-refractivity contribution in [1.29, 1.82) is 0 Å². The van der Waals surface area contributed by atoms with Crippen molar-refractivity contribution in [2.75, 3.05) is 21.3 Å². The highest BCUT2D eigenvalue weighted by atomic mass is 16.5. The zero-order chi connectivity index (χ0) is 16.3. The standard InChI is InChI=1S/C17H25NO4/c1-10-8-12-13(16(21-4)7-6-15(12)20-3)9-14(10)18-11(2)17(19)22-5/h6-7,10-11,14,18H,8-9H2,1-5H3. The molecule has 1 N–H and O–H groups in total. The largest absolute Gasteiger partial charge is 0.496 e. The zero-order valence-electron chi connectivity index (χ0n) is 13.9. The summed E-state index contributed by atoms with van der Waals surface area (Å²) < 4.78 is 15.8. The molecule has 2 rings (SSSR count). The molecule has 1 aliphatic carbocycles. The molecule has 1 aliphatic rings. The first-order valence-electron chi connectivity index (χ1n) is 7.58. The van der Waals surface area contributed by atoms with Crippen LogP contribution < -0.4 is 14.8 Å². The molecule has 0 fully saturated rings. The molecule has 0 aliphatic heterocycles. The second-order valence-electron chi connectivity index (χ2n) is 5.83. The number of benzene rings is 1. The Morgan fingerprint density at radius 2 is 1.68 bits per heavy atom. The van der Waals surface area contributed by atoms with E-state index in [1.807, 2.05) is 19.1 Å². The van der Waals surface area contributed by atoms with E-state index in [1.54, 1.807) is 14.2 Å². The van der Waals surface area contributed by atoms with E-state index in [2.05, 4.69) is 12.2 Å². The fraction of sp³-hybridized carbons (Fsp3) is 0.588. The molecule has 3 atom stereocenters. The van der Waals surface area contributed by atoms with Gasteiger partial charge in [0.25, 0.3) is 0 Å². The van der Waals surface area contributed by atoms with Crippen LogP contribution >= 0.6 is 0 Å². The molecular formula is C17H25NO4. The summed E-state index contributed by atoms with van der Waals surface area (Å²) in [5, 5.41) is 3.38. The van der Waals surface area contributed by atoms with Gasteiger partial charge in [-0.3, -0.25) is 4.79 Å². The summed E-state index contributed by atoms with van der Waals surface area (Å²) in [6.45, 7) is 4.01. The lowest BCUT2D eigenvalue weighted by Gasteiger charge is -2.34. The molecule has 0 amide bonds. The summed E-state index contributed by atoms with van der Waals surface area (Å²) >= 11 is 0. The maximum Gasteiger partial charge on any atom is 0.322 e. The third-order valence-corrected chi connectivity index (χ3v) is 4.44. The molecule has 0 saturated heterocycles. The van der Waals surface area contributed by atoms with Gasteiger partial charge in [-0.25, -0.2) is 0 Å². The Balaban J connectivity index is 2.26. The van der Waals surface area contributed by atoms with Crippen LogP contribution in [0, 0.1) is 5.92 Å². The Labute approximate surface area is 131 Å². The molecule has 0 saturated carbocycles. The highest BCUT2D eigenvalue weighted by molar-refractivity contribution is 5.75. The van der Waals surface area contributed by atoms with Gasteiger partial charge < -0.3 is 19.5 Å². The van der Waals surface area contributed by atoms with Crippen LogP contribution in [0.2, 0.25) is 0 Å². The van der Waals surface area contributed by atoms with Crippen molar-refractivity contribution in [3.63, 3.8) is 0 Å². The van der Waals surface area contributed by atoms with Gasteiger partial charge in [0, 0.05) is 17.2 Å². The van der Waals surface area contributed by atoms with Gasteiger partial charge in [0.05, 0.1) is 21.3 Å². The number of hydrogen-bond donors (Lipinski definition) is 1. The van der Waals surface area contributed by atoms with Crippen LogP contribution in [0.1, 0.15) is 25.0 Å². The van der Waals surface area contributed by atoms with Crippen LogP contribution in [0.5, 0.6) is 11.5 Å². The summed E-state index contributed by atoms with van der Waals surface area (Å²) in [7, 11) is 4.78. The quantitative estimate of drug-likeness (QED) is 0.843. The molecule has 1 aromatic carbocycles. The lowest BCUT2D eigenvalue weighted by molar-refractivity contribution is -0.142. The highest BCUT2D eigenvalue weighted by Gasteiger charge is 2.31. The molecule has 5 nitrogen and oxygen atoms in total. The molecular weight excluding hydrogens is 282 g/mol. The minimum absolute atomic E-state index is 0.197. The van der Waals surface area contributed by atoms with E-state index in [0.29, 0.717) is 5.92 Å². The normalized spacial score (nSPS) is 21.7. The summed E-state index contributed by atoms with van der Waals surface area (Å²) in [6, 6.07) is 3.77. The molecule has 0 aromatic heterocycles. The molecule has 0 radical (unpaired) electrons. The van der Waals surface area contributed by atoms with Gasteiger partial charge in [-0.15, -0.1) is 0 Å². The number of carbonyl (C=O) groups is 1. The Morgan fingerprint density at radius 1 is 1.14 bits per heavy atom. The molecule has 122 valence electrons. The zero-order valence-corrected chi connectivity index (χ0v) is 13.9. The van der Waals surface area contributed by atoms with Gasteiger partial charge in [0.1, 0.15) is 17.5 Å². The van der Waals surface area contributed by atoms with E-state index in [0.717, 1.165) is 29.9 Å². The van der Waals surface area contributed by atoms with Crippen LogP contribution in [-0.4, -0.2) is 39.4 Å². The van der Waals surface area contributed by atoms with Gasteiger partial charge in [-0.1, -0.05) is 6.92 Å². The minimum Gasteiger partial charge on any atom is -0.496 e. The van der Waals surface area contributed by atoms with Gasteiger partial charge in [-0.05, 0) is 37.8 Å². The van der Waals surface area contributed by atoms with E-state index >= 15 is 0 Å². The maximum atomic E-state index is 11.6. The van der Waals surface area contributed by atoms with Gasteiger partial charge in [0.2, 0.25) is 0 Å². The number of rotatable bonds is 5. The SMILES string of the molecule is COC(=O)C(C)NC1Cc2c(OC)ccc(OC)c2CC1C. The van der Waals surface area contributed by atoms with E-state index in [1.165, 1.54) is 12.7 Å². The van der Waals surface area contributed by atoms with Crippen LogP contribution in [0.3, 0.4) is 0 Å². The third-order valence-electron chi connectivity index (χ3n) is 4.44. The molecule has 3 unspecified atom stereocenters. The maximum absolute atomic E-state index is 11.6. The lowest BCUT2D eigenvalue weighted by atomic mass is 9.80. The van der Waals surface area contributed by atoms with Crippen molar-refractivity contribution < 1.29 is 19.0 Å². The van der Waals surface area contributed by atoms with E-state index < -0.39 is 0 Å². The van der Waals surface area contributed by atoms with Crippen molar-refractivity contribution >= 4 is 5.97 Å². The van der Waals surface area contributed by atoms with Gasteiger partial charge >= 0.3 is 5.97 Å². The lowest BCUT2D eigenvalue weighted by Crippen LogP contribution is -2.48. The molecule has 22 heavy (non-hydrogen) atoms. The average molecular weight is 307 g/mol. The number of fused-ring (bicyclic) bond motifs is 1. The number of esters is 1. The fourth-order valence-corrected chi connectivity index (χ4v) is 3.15. The fourth-order valence-electron chi connectivity index (χ4n) is 3.15. The van der Waals surface area contributed by atoms with Crippen molar-refractivity contribution in [2.45, 2.75) is 38.8 Å². The predicted octanol–water partition coefficient (Wildman–Crippen LogP) is 1.96. The summed E-state index contributed by atoms with van der Waals surface area (Å²) in [5.41, 5.74) is 2.37. The van der Waals surface area contributed by atoms with Crippen LogP contribution in [-0.2, 0) is 22.4 Å². The Bertz CT molecular complexity index is 544. The smallest absolute Gasteiger partial charge is 0.322 e. The van der Waals surface area contributed by atoms with Crippen molar-refractivity contribution in [3.05, 3.63) is 23.3 Å².